The summed E-state index contributed by atoms with van der Waals surface area (Å²) in [6, 6.07) is 1.88. The number of rotatable bonds is 1. The third kappa shape index (κ3) is 1.45. The van der Waals surface area contributed by atoms with Gasteiger partial charge in [0.05, 0.1) is 6.20 Å². The van der Waals surface area contributed by atoms with Crippen LogP contribution < -0.4 is 4.80 Å². The summed E-state index contributed by atoms with van der Waals surface area (Å²) in [5.41, 5.74) is 1.01. The van der Waals surface area contributed by atoms with Gasteiger partial charge in [-0.2, -0.15) is 0 Å². The first-order valence-corrected chi connectivity index (χ1v) is 3.03. The maximum Gasteiger partial charge on any atom is 0.200 e. The normalized spacial score (nSPS) is 9.56. The Morgan fingerprint density at radius 1 is 1.67 bits per heavy atom. The minimum Gasteiger partial charge on any atom is -0.0160 e. The van der Waals surface area contributed by atoms with Gasteiger partial charge in [0.25, 0.3) is 0 Å². The number of hydrogen-bond acceptors (Lipinski definition) is 2. The molecular formula is C6H10N3+. The van der Waals surface area contributed by atoms with Gasteiger partial charge in [0, 0.05) is 21.9 Å². The second-order valence-electron chi connectivity index (χ2n) is 1.86. The molecule has 0 amide bonds. The van der Waals surface area contributed by atoms with Crippen LogP contribution in [0.1, 0.15) is 12.6 Å². The maximum absolute atomic E-state index is 4.10. The zero-order chi connectivity index (χ0) is 6.69. The zero-order valence-corrected chi connectivity index (χ0v) is 5.70. The third-order valence-electron chi connectivity index (χ3n) is 1.07. The predicted octanol–water partition coefficient (Wildman–Crippen LogP) is 0.0924. The Morgan fingerprint density at radius 2 is 2.44 bits per heavy atom. The molecular weight excluding hydrogens is 114 g/mol. The van der Waals surface area contributed by atoms with Crippen molar-refractivity contribution in [2.75, 3.05) is 0 Å². The Morgan fingerprint density at radius 3 is 2.89 bits per heavy atom. The van der Waals surface area contributed by atoms with Crippen molar-refractivity contribution in [2.45, 2.75) is 20.4 Å². The van der Waals surface area contributed by atoms with E-state index >= 15 is 0 Å². The van der Waals surface area contributed by atoms with E-state index in [2.05, 4.69) is 10.2 Å². The lowest BCUT2D eigenvalue weighted by atomic mass is 10.5. The van der Waals surface area contributed by atoms with E-state index in [9.17, 15) is 0 Å². The van der Waals surface area contributed by atoms with Crippen LogP contribution in [0.15, 0.2) is 12.3 Å². The molecule has 0 aliphatic rings. The lowest BCUT2D eigenvalue weighted by Crippen LogP contribution is -2.41. The van der Waals surface area contributed by atoms with Crippen LogP contribution in [-0.2, 0) is 6.54 Å². The van der Waals surface area contributed by atoms with E-state index < -0.39 is 0 Å². The van der Waals surface area contributed by atoms with Crippen LogP contribution in [0.3, 0.4) is 0 Å². The highest BCUT2D eigenvalue weighted by atomic mass is 15.4. The van der Waals surface area contributed by atoms with E-state index in [4.69, 9.17) is 0 Å². The average molecular weight is 124 g/mol. The van der Waals surface area contributed by atoms with Crippen LogP contribution in [-0.4, -0.2) is 10.2 Å². The molecule has 9 heavy (non-hydrogen) atoms. The van der Waals surface area contributed by atoms with Gasteiger partial charge in [0.15, 0.2) is 0 Å². The SMILES string of the molecule is CC[n+]1nccc(C)n1. The van der Waals surface area contributed by atoms with E-state index in [1.165, 1.54) is 0 Å². The highest BCUT2D eigenvalue weighted by Gasteiger charge is 1.96. The second kappa shape index (κ2) is 2.53. The molecule has 0 N–H and O–H groups in total. The molecule has 1 aromatic rings. The van der Waals surface area contributed by atoms with Crippen molar-refractivity contribution in [3.05, 3.63) is 18.0 Å². The van der Waals surface area contributed by atoms with E-state index in [-0.39, 0.29) is 0 Å². The van der Waals surface area contributed by atoms with Gasteiger partial charge in [-0.05, 0) is 13.0 Å². The molecule has 0 fully saturated rings. The molecule has 0 aliphatic heterocycles. The van der Waals surface area contributed by atoms with Crippen molar-refractivity contribution in [1.29, 1.82) is 0 Å². The quantitative estimate of drug-likeness (QED) is 0.497. The molecule has 0 aromatic carbocycles. The van der Waals surface area contributed by atoms with Gasteiger partial charge in [0.1, 0.15) is 5.69 Å². The monoisotopic (exact) mass is 124 g/mol. The molecule has 3 heteroatoms. The topological polar surface area (TPSA) is 29.7 Å². The van der Waals surface area contributed by atoms with Crippen molar-refractivity contribution in [1.82, 2.24) is 10.2 Å². The standard InChI is InChI=1S/C6H10N3/c1-3-9-7-5-4-6(2)8-9/h4-5H,3H2,1-2H3/q+1. The predicted molar refractivity (Wildman–Crippen MR) is 32.6 cm³/mol. The van der Waals surface area contributed by atoms with Gasteiger partial charge in [-0.3, -0.25) is 0 Å². The summed E-state index contributed by atoms with van der Waals surface area (Å²) in [7, 11) is 0. The molecule has 0 spiro atoms. The summed E-state index contributed by atoms with van der Waals surface area (Å²) in [5, 5.41) is 8.06. The lowest BCUT2D eigenvalue weighted by Gasteiger charge is -1.84. The summed E-state index contributed by atoms with van der Waals surface area (Å²) in [6.07, 6.45) is 1.76. The van der Waals surface area contributed by atoms with E-state index in [0.29, 0.717) is 0 Å². The number of aryl methyl sites for hydroxylation is 2. The third-order valence-corrected chi connectivity index (χ3v) is 1.07. The van der Waals surface area contributed by atoms with Gasteiger partial charge in [-0.1, -0.05) is 0 Å². The smallest absolute Gasteiger partial charge is 0.0160 e. The van der Waals surface area contributed by atoms with Crippen molar-refractivity contribution < 1.29 is 4.80 Å². The Labute approximate surface area is 54.3 Å². The molecule has 0 radical (unpaired) electrons. The first kappa shape index (κ1) is 6.13. The molecule has 48 valence electrons. The molecule has 0 unspecified atom stereocenters. The van der Waals surface area contributed by atoms with Crippen LogP contribution in [0.4, 0.5) is 0 Å². The molecule has 3 nitrogen and oxygen atoms in total. The molecule has 0 atom stereocenters. The van der Waals surface area contributed by atoms with Gasteiger partial charge in [-0.25, -0.2) is 0 Å². The number of nitrogens with zero attached hydrogens (tertiary/aromatic N) is 3. The minimum absolute atomic E-state index is 0.835. The van der Waals surface area contributed by atoms with Gasteiger partial charge in [0.2, 0.25) is 6.54 Å². The van der Waals surface area contributed by atoms with Gasteiger partial charge < -0.3 is 0 Å². The van der Waals surface area contributed by atoms with Gasteiger partial charge in [-0.15, -0.1) is 0 Å². The van der Waals surface area contributed by atoms with Crippen LogP contribution in [0.2, 0.25) is 0 Å². The molecule has 0 saturated heterocycles. The van der Waals surface area contributed by atoms with E-state index in [1.54, 1.807) is 11.0 Å². The van der Waals surface area contributed by atoms with E-state index in [0.717, 1.165) is 12.2 Å². The van der Waals surface area contributed by atoms with Crippen molar-refractivity contribution in [2.24, 2.45) is 0 Å². The van der Waals surface area contributed by atoms with Crippen molar-refractivity contribution in [3.8, 4) is 0 Å². The van der Waals surface area contributed by atoms with Crippen molar-refractivity contribution in [3.63, 3.8) is 0 Å². The fraction of sp³-hybridized carbons (Fsp3) is 0.500. The highest BCUT2D eigenvalue weighted by molar-refractivity contribution is 4.88. The van der Waals surface area contributed by atoms with E-state index in [1.807, 2.05) is 19.9 Å². The molecule has 1 rings (SSSR count). The maximum atomic E-state index is 4.10. The fourth-order valence-corrected chi connectivity index (χ4v) is 0.612. The van der Waals surface area contributed by atoms with Gasteiger partial charge >= 0.3 is 0 Å². The molecule has 0 saturated carbocycles. The summed E-state index contributed by atoms with van der Waals surface area (Å²) < 4.78 is 0. The van der Waals surface area contributed by atoms with Crippen LogP contribution in [0.5, 0.6) is 0 Å². The molecule has 1 aromatic heterocycles. The zero-order valence-electron chi connectivity index (χ0n) is 5.70. The fourth-order valence-electron chi connectivity index (χ4n) is 0.612. The summed E-state index contributed by atoms with van der Waals surface area (Å²) in [6.45, 7) is 4.80. The largest absolute Gasteiger partial charge is 0.200 e. The summed E-state index contributed by atoms with van der Waals surface area (Å²) >= 11 is 0. The van der Waals surface area contributed by atoms with Crippen LogP contribution in [0.25, 0.3) is 0 Å². The second-order valence-corrected chi connectivity index (χ2v) is 1.86. The van der Waals surface area contributed by atoms with Crippen molar-refractivity contribution >= 4 is 0 Å². The Hall–Kier alpha value is -0.990. The molecule has 1 heterocycles. The Kier molecular flexibility index (Phi) is 1.72. The molecule has 0 bridgehead atoms. The minimum atomic E-state index is 0.835. The summed E-state index contributed by atoms with van der Waals surface area (Å²) in [5.74, 6) is 0. The van der Waals surface area contributed by atoms with Crippen LogP contribution >= 0.6 is 0 Å². The first-order chi connectivity index (χ1) is 4.33. The Bertz CT molecular complexity index is 197. The number of hydrogen-bond donors (Lipinski definition) is 0. The lowest BCUT2D eigenvalue weighted by molar-refractivity contribution is -0.805. The van der Waals surface area contributed by atoms with Crippen LogP contribution in [0, 0.1) is 6.92 Å². The number of aromatic nitrogens is 3. The molecule has 0 aliphatic carbocycles. The Balaban J connectivity index is 2.94. The highest BCUT2D eigenvalue weighted by Crippen LogP contribution is 1.79. The summed E-state index contributed by atoms with van der Waals surface area (Å²) in [4.78, 5) is 1.66. The average Bonchev–Trinajstić information content (AvgIpc) is 1.88. The first-order valence-electron chi connectivity index (χ1n) is 3.03.